The zero-order valence-electron chi connectivity index (χ0n) is 8.25. The largest absolute Gasteiger partial charge is 0.490 e. The quantitative estimate of drug-likeness (QED) is 0.746. The number of aldehydes is 1. The molecule has 1 fully saturated rings. The van der Waals surface area contributed by atoms with Gasteiger partial charge in [0.15, 0.2) is 6.29 Å². The molecule has 1 saturated carbocycles. The van der Waals surface area contributed by atoms with Crippen molar-refractivity contribution in [2.45, 2.75) is 25.1 Å². The highest BCUT2D eigenvalue weighted by Crippen LogP contribution is 2.34. The van der Waals surface area contributed by atoms with Crippen LogP contribution in [0.15, 0.2) is 18.2 Å². The van der Waals surface area contributed by atoms with Crippen LogP contribution >= 0.6 is 0 Å². The van der Waals surface area contributed by atoms with Crippen LogP contribution in [0.4, 0.5) is 13.2 Å². The third-order valence-corrected chi connectivity index (χ3v) is 2.28. The van der Waals surface area contributed by atoms with Gasteiger partial charge in [-0.15, -0.1) is 0 Å². The molecule has 0 atom stereocenters. The molecule has 0 radical (unpaired) electrons. The maximum absolute atomic E-state index is 12.4. The number of alkyl halides is 3. The lowest BCUT2D eigenvalue weighted by atomic mass is 10.1. The molecule has 5 heteroatoms. The van der Waals surface area contributed by atoms with Crippen LogP contribution in [-0.2, 0) is 6.18 Å². The molecule has 1 aromatic carbocycles. The Morgan fingerprint density at radius 1 is 1.31 bits per heavy atom. The first kappa shape index (κ1) is 11.0. The number of carbonyl (C=O) groups is 1. The molecule has 0 spiro atoms. The summed E-state index contributed by atoms with van der Waals surface area (Å²) in [7, 11) is 0. The third-order valence-electron chi connectivity index (χ3n) is 2.28. The molecule has 0 saturated heterocycles. The van der Waals surface area contributed by atoms with Gasteiger partial charge >= 0.3 is 6.18 Å². The lowest BCUT2D eigenvalue weighted by molar-refractivity contribution is -0.137. The smallest absolute Gasteiger partial charge is 0.416 e. The Hall–Kier alpha value is -1.52. The van der Waals surface area contributed by atoms with E-state index in [1.165, 1.54) is 6.07 Å². The Bertz CT molecular complexity index is 408. The highest BCUT2D eigenvalue weighted by Gasteiger charge is 2.32. The summed E-state index contributed by atoms with van der Waals surface area (Å²) in [5, 5.41) is 0. The van der Waals surface area contributed by atoms with Gasteiger partial charge in [0.05, 0.1) is 17.2 Å². The average Bonchev–Trinajstić information content (AvgIpc) is 3.00. The summed E-state index contributed by atoms with van der Waals surface area (Å²) in [6, 6.07) is 2.93. The van der Waals surface area contributed by atoms with Gasteiger partial charge in [0.25, 0.3) is 0 Å². The molecule has 1 aromatic rings. The van der Waals surface area contributed by atoms with Crippen molar-refractivity contribution in [1.29, 1.82) is 0 Å². The number of carbonyl (C=O) groups excluding carboxylic acids is 1. The van der Waals surface area contributed by atoms with Gasteiger partial charge in [-0.05, 0) is 31.0 Å². The predicted octanol–water partition coefficient (Wildman–Crippen LogP) is 3.06. The Morgan fingerprint density at radius 2 is 2.00 bits per heavy atom. The molecular weight excluding hydrogens is 221 g/mol. The van der Waals surface area contributed by atoms with E-state index in [0.717, 1.165) is 25.0 Å². The van der Waals surface area contributed by atoms with Gasteiger partial charge in [-0.1, -0.05) is 0 Å². The highest BCUT2D eigenvalue weighted by atomic mass is 19.4. The Balaban J connectivity index is 2.30. The summed E-state index contributed by atoms with van der Waals surface area (Å²) in [4.78, 5) is 10.7. The zero-order chi connectivity index (χ0) is 11.8. The zero-order valence-corrected chi connectivity index (χ0v) is 8.25. The van der Waals surface area contributed by atoms with E-state index in [-0.39, 0.29) is 17.4 Å². The maximum atomic E-state index is 12.4. The van der Waals surface area contributed by atoms with E-state index < -0.39 is 11.7 Å². The SMILES string of the molecule is O=Cc1cc(C(F)(F)F)ccc1OC1CC1. The van der Waals surface area contributed by atoms with Crippen molar-refractivity contribution in [3.05, 3.63) is 29.3 Å². The minimum atomic E-state index is -4.43. The van der Waals surface area contributed by atoms with E-state index in [2.05, 4.69) is 0 Å². The second kappa shape index (κ2) is 3.81. The Labute approximate surface area is 90.0 Å². The first-order valence-electron chi connectivity index (χ1n) is 4.84. The molecule has 1 aliphatic carbocycles. The van der Waals surface area contributed by atoms with Crippen molar-refractivity contribution >= 4 is 6.29 Å². The van der Waals surface area contributed by atoms with Gasteiger partial charge in [-0.25, -0.2) is 0 Å². The molecule has 0 unspecified atom stereocenters. The summed E-state index contributed by atoms with van der Waals surface area (Å²) >= 11 is 0. The minimum Gasteiger partial charge on any atom is -0.490 e. The summed E-state index contributed by atoms with van der Waals surface area (Å²) in [5.74, 6) is 0.227. The fraction of sp³-hybridized carbons (Fsp3) is 0.364. The van der Waals surface area contributed by atoms with Crippen molar-refractivity contribution in [1.82, 2.24) is 0 Å². The van der Waals surface area contributed by atoms with Gasteiger partial charge in [0.1, 0.15) is 5.75 Å². The van der Waals surface area contributed by atoms with E-state index in [1.807, 2.05) is 0 Å². The van der Waals surface area contributed by atoms with Crippen LogP contribution in [0.25, 0.3) is 0 Å². The lowest BCUT2D eigenvalue weighted by Crippen LogP contribution is -2.07. The van der Waals surface area contributed by atoms with E-state index in [4.69, 9.17) is 4.74 Å². The number of halogens is 3. The number of hydrogen-bond acceptors (Lipinski definition) is 2. The van der Waals surface area contributed by atoms with Crippen LogP contribution in [0.3, 0.4) is 0 Å². The van der Waals surface area contributed by atoms with Crippen molar-refractivity contribution in [2.24, 2.45) is 0 Å². The number of hydrogen-bond donors (Lipinski definition) is 0. The first-order chi connectivity index (χ1) is 7.50. The number of ether oxygens (including phenoxy) is 1. The van der Waals surface area contributed by atoms with Crippen LogP contribution in [0.5, 0.6) is 5.75 Å². The summed E-state index contributed by atoms with van der Waals surface area (Å²) < 4.78 is 42.4. The second-order valence-corrected chi connectivity index (χ2v) is 3.69. The molecule has 1 aliphatic rings. The Kier molecular flexibility index (Phi) is 2.61. The monoisotopic (exact) mass is 230 g/mol. The maximum Gasteiger partial charge on any atom is 0.416 e. The topological polar surface area (TPSA) is 26.3 Å². The van der Waals surface area contributed by atoms with Crippen molar-refractivity contribution in [2.75, 3.05) is 0 Å². The van der Waals surface area contributed by atoms with Crippen LogP contribution in [0, 0.1) is 0 Å². The van der Waals surface area contributed by atoms with Crippen molar-refractivity contribution in [3.63, 3.8) is 0 Å². The molecule has 16 heavy (non-hydrogen) atoms. The van der Waals surface area contributed by atoms with E-state index in [9.17, 15) is 18.0 Å². The summed E-state index contributed by atoms with van der Waals surface area (Å²) in [5.41, 5.74) is -0.889. The van der Waals surface area contributed by atoms with Gasteiger partial charge in [-0.2, -0.15) is 13.2 Å². The van der Waals surface area contributed by atoms with Gasteiger partial charge in [-0.3, -0.25) is 4.79 Å². The number of rotatable bonds is 3. The molecule has 0 bridgehead atoms. The lowest BCUT2D eigenvalue weighted by Gasteiger charge is -2.11. The summed E-state index contributed by atoms with van der Waals surface area (Å²) in [6.07, 6.45) is -2.22. The molecule has 86 valence electrons. The molecule has 2 nitrogen and oxygen atoms in total. The molecule has 0 N–H and O–H groups in total. The van der Waals surface area contributed by atoms with Gasteiger partial charge < -0.3 is 4.74 Å². The van der Waals surface area contributed by atoms with E-state index >= 15 is 0 Å². The minimum absolute atomic E-state index is 0.0513. The molecular formula is C11H9F3O2. The molecule has 0 aromatic heterocycles. The third kappa shape index (κ3) is 2.35. The normalized spacial score (nSPS) is 15.9. The Morgan fingerprint density at radius 3 is 2.50 bits per heavy atom. The summed E-state index contributed by atoms with van der Waals surface area (Å²) in [6.45, 7) is 0. The molecule has 0 aliphatic heterocycles. The molecule has 0 heterocycles. The fourth-order valence-electron chi connectivity index (χ4n) is 1.29. The van der Waals surface area contributed by atoms with Crippen LogP contribution in [0.1, 0.15) is 28.8 Å². The average molecular weight is 230 g/mol. The van der Waals surface area contributed by atoms with Gasteiger partial charge in [0, 0.05) is 0 Å². The van der Waals surface area contributed by atoms with Gasteiger partial charge in [0.2, 0.25) is 0 Å². The van der Waals surface area contributed by atoms with E-state index in [1.54, 1.807) is 0 Å². The van der Waals surface area contributed by atoms with Crippen molar-refractivity contribution in [3.8, 4) is 5.75 Å². The van der Waals surface area contributed by atoms with Crippen LogP contribution < -0.4 is 4.74 Å². The highest BCUT2D eigenvalue weighted by molar-refractivity contribution is 5.79. The van der Waals surface area contributed by atoms with Crippen molar-refractivity contribution < 1.29 is 22.7 Å². The predicted molar refractivity (Wildman–Crippen MR) is 50.5 cm³/mol. The van der Waals surface area contributed by atoms with E-state index in [0.29, 0.717) is 6.29 Å². The fourth-order valence-corrected chi connectivity index (χ4v) is 1.29. The van der Waals surface area contributed by atoms with Crippen LogP contribution in [-0.4, -0.2) is 12.4 Å². The number of benzene rings is 1. The standard InChI is InChI=1S/C11H9F3O2/c12-11(13,14)8-1-4-10(7(5-8)6-15)16-9-2-3-9/h1,4-6,9H,2-3H2. The van der Waals surface area contributed by atoms with Crippen LogP contribution in [0.2, 0.25) is 0 Å². The second-order valence-electron chi connectivity index (χ2n) is 3.69. The molecule has 0 amide bonds. The molecule has 2 rings (SSSR count). The first-order valence-corrected chi connectivity index (χ1v) is 4.84.